The summed E-state index contributed by atoms with van der Waals surface area (Å²) in [4.78, 5) is 4.47. The molecule has 1 heterocycles. The Morgan fingerprint density at radius 1 is 0.833 bits per heavy atom. The summed E-state index contributed by atoms with van der Waals surface area (Å²) in [7, 11) is -3.79. The Kier molecular flexibility index (Phi) is 5.29. The molecule has 3 aromatic carbocycles. The second kappa shape index (κ2) is 8.04. The van der Waals surface area contributed by atoms with Gasteiger partial charge in [-0.3, -0.25) is 0 Å². The molecule has 4 aromatic rings. The predicted molar refractivity (Wildman–Crippen MR) is 119 cm³/mol. The monoisotopic (exact) mass is 416 g/mol. The minimum Gasteiger partial charge on any atom is -0.246 e. The first-order valence-electron chi connectivity index (χ1n) is 9.38. The summed E-state index contributed by atoms with van der Waals surface area (Å²) in [6, 6.07) is 20.8. The first-order chi connectivity index (χ1) is 14.4. The van der Waals surface area contributed by atoms with Gasteiger partial charge in [-0.2, -0.15) is 0 Å². The number of nitrogens with one attached hydrogen (secondary N) is 1. The highest BCUT2D eigenvalue weighted by Crippen LogP contribution is 2.18. The smallest absolute Gasteiger partial charge is 0.246 e. The lowest BCUT2D eigenvalue weighted by Crippen LogP contribution is -2.16. The highest BCUT2D eigenvalue weighted by atomic mass is 32.2. The lowest BCUT2D eigenvalue weighted by atomic mass is 10.1. The van der Waals surface area contributed by atoms with Gasteiger partial charge in [0, 0.05) is 0 Å². The number of rotatable bonds is 5. The fourth-order valence-corrected chi connectivity index (χ4v) is 3.91. The number of nitrogens with zero attached hydrogens (tertiary/aromatic N) is 3. The second-order valence-electron chi connectivity index (χ2n) is 6.96. The van der Waals surface area contributed by atoms with E-state index >= 15 is 0 Å². The van der Waals surface area contributed by atoms with Gasteiger partial charge in [-0.05, 0) is 54.5 Å². The summed E-state index contributed by atoms with van der Waals surface area (Å²) in [6.07, 6.45) is 3.72. The van der Waals surface area contributed by atoms with Crippen molar-refractivity contribution in [2.24, 2.45) is 0 Å². The molecule has 0 saturated heterocycles. The SMILES string of the molecule is Cc1ccc(S(=O)(=O)Nc2nnc(C)c(C=Cc3ccc4ccccc4c3)n2)cc1. The van der Waals surface area contributed by atoms with Crippen LogP contribution in [0.2, 0.25) is 0 Å². The van der Waals surface area contributed by atoms with Crippen LogP contribution in [0.25, 0.3) is 22.9 Å². The van der Waals surface area contributed by atoms with E-state index in [0.717, 1.165) is 16.5 Å². The quantitative estimate of drug-likeness (QED) is 0.513. The number of hydrogen-bond donors (Lipinski definition) is 1. The minimum atomic E-state index is -3.79. The maximum atomic E-state index is 12.6. The molecule has 0 fully saturated rings. The van der Waals surface area contributed by atoms with E-state index in [2.05, 4.69) is 44.2 Å². The first-order valence-corrected chi connectivity index (χ1v) is 10.9. The number of fused-ring (bicyclic) bond motifs is 1. The molecule has 4 rings (SSSR count). The van der Waals surface area contributed by atoms with Crippen molar-refractivity contribution in [1.82, 2.24) is 15.2 Å². The molecule has 0 bridgehead atoms. The summed E-state index contributed by atoms with van der Waals surface area (Å²) >= 11 is 0. The normalized spacial score (nSPS) is 11.8. The zero-order chi connectivity index (χ0) is 21.1. The van der Waals surface area contributed by atoms with Crippen LogP contribution in [0.4, 0.5) is 5.95 Å². The van der Waals surface area contributed by atoms with Crippen LogP contribution in [-0.4, -0.2) is 23.6 Å². The van der Waals surface area contributed by atoms with E-state index < -0.39 is 10.0 Å². The number of aryl methyl sites for hydroxylation is 2. The van der Waals surface area contributed by atoms with Crippen molar-refractivity contribution in [2.45, 2.75) is 18.7 Å². The molecule has 1 N–H and O–H groups in total. The van der Waals surface area contributed by atoms with Crippen LogP contribution in [0.3, 0.4) is 0 Å². The Bertz CT molecular complexity index is 1350. The molecule has 0 radical (unpaired) electrons. The first kappa shape index (κ1) is 19.7. The van der Waals surface area contributed by atoms with Gasteiger partial charge in [-0.15, -0.1) is 10.2 Å². The third-order valence-electron chi connectivity index (χ3n) is 4.66. The van der Waals surface area contributed by atoms with Crippen molar-refractivity contribution in [3.05, 3.63) is 89.2 Å². The Hall–Kier alpha value is -3.58. The molecular weight excluding hydrogens is 396 g/mol. The van der Waals surface area contributed by atoms with Crippen molar-refractivity contribution in [2.75, 3.05) is 4.72 Å². The molecule has 0 spiro atoms. The summed E-state index contributed by atoms with van der Waals surface area (Å²) in [5, 5.41) is 10.2. The van der Waals surface area contributed by atoms with E-state index in [4.69, 9.17) is 0 Å². The molecule has 0 aliphatic rings. The Morgan fingerprint density at radius 3 is 2.33 bits per heavy atom. The van der Waals surface area contributed by atoms with Crippen molar-refractivity contribution < 1.29 is 8.42 Å². The zero-order valence-corrected chi connectivity index (χ0v) is 17.4. The van der Waals surface area contributed by atoms with Crippen molar-refractivity contribution in [3.8, 4) is 0 Å². The average molecular weight is 417 g/mol. The fourth-order valence-electron chi connectivity index (χ4n) is 2.98. The van der Waals surface area contributed by atoms with E-state index in [-0.39, 0.29) is 10.8 Å². The van der Waals surface area contributed by atoms with Gasteiger partial charge in [-0.25, -0.2) is 18.1 Å². The van der Waals surface area contributed by atoms with Gasteiger partial charge < -0.3 is 0 Å². The van der Waals surface area contributed by atoms with Crippen molar-refractivity contribution in [3.63, 3.8) is 0 Å². The number of aromatic nitrogens is 3. The fraction of sp³-hybridized carbons (Fsp3) is 0.0870. The summed E-state index contributed by atoms with van der Waals surface area (Å²) in [5.74, 6) is -0.0701. The molecule has 0 unspecified atom stereocenters. The number of hydrogen-bond acceptors (Lipinski definition) is 5. The molecule has 0 amide bonds. The maximum Gasteiger partial charge on any atom is 0.264 e. The average Bonchev–Trinajstić information content (AvgIpc) is 2.74. The topological polar surface area (TPSA) is 84.8 Å². The van der Waals surface area contributed by atoms with E-state index in [1.807, 2.05) is 31.2 Å². The van der Waals surface area contributed by atoms with E-state index in [1.54, 1.807) is 37.3 Å². The Morgan fingerprint density at radius 2 is 1.57 bits per heavy atom. The molecule has 0 atom stereocenters. The van der Waals surface area contributed by atoms with Crippen LogP contribution in [0.1, 0.15) is 22.5 Å². The number of anilines is 1. The van der Waals surface area contributed by atoms with Crippen LogP contribution >= 0.6 is 0 Å². The molecular formula is C23H20N4O2S. The molecule has 150 valence electrons. The Labute approximate surface area is 175 Å². The van der Waals surface area contributed by atoms with Gasteiger partial charge in [0.05, 0.1) is 16.3 Å². The van der Waals surface area contributed by atoms with Crippen LogP contribution in [0.15, 0.2) is 71.6 Å². The van der Waals surface area contributed by atoms with Gasteiger partial charge in [0.15, 0.2) is 0 Å². The van der Waals surface area contributed by atoms with Gasteiger partial charge in [0.1, 0.15) is 0 Å². The largest absolute Gasteiger partial charge is 0.264 e. The Balaban J connectivity index is 1.59. The lowest BCUT2D eigenvalue weighted by Gasteiger charge is -2.07. The van der Waals surface area contributed by atoms with E-state index in [1.165, 1.54) is 5.39 Å². The highest BCUT2D eigenvalue weighted by Gasteiger charge is 2.16. The third kappa shape index (κ3) is 4.36. The van der Waals surface area contributed by atoms with Gasteiger partial charge in [-0.1, -0.05) is 60.2 Å². The summed E-state index contributed by atoms with van der Waals surface area (Å²) < 4.78 is 27.5. The van der Waals surface area contributed by atoms with Crippen molar-refractivity contribution in [1.29, 1.82) is 0 Å². The molecule has 1 aromatic heterocycles. The third-order valence-corrected chi connectivity index (χ3v) is 6.00. The van der Waals surface area contributed by atoms with Gasteiger partial charge >= 0.3 is 0 Å². The van der Waals surface area contributed by atoms with Crippen LogP contribution in [0.5, 0.6) is 0 Å². The zero-order valence-electron chi connectivity index (χ0n) is 16.6. The molecule has 0 aliphatic carbocycles. The molecule has 6 nitrogen and oxygen atoms in total. The molecule has 0 aliphatic heterocycles. The lowest BCUT2D eigenvalue weighted by molar-refractivity contribution is 0.600. The number of benzene rings is 3. The van der Waals surface area contributed by atoms with Crippen molar-refractivity contribution >= 4 is 38.9 Å². The van der Waals surface area contributed by atoms with E-state index in [9.17, 15) is 8.42 Å². The molecule has 7 heteroatoms. The standard InChI is InChI=1S/C23H20N4O2S/c1-16-7-12-21(13-8-16)30(28,29)27-23-24-22(17(2)25-26-23)14-10-18-9-11-19-5-3-4-6-20(19)15-18/h3-15H,1-2H3,(H,24,26,27). The van der Waals surface area contributed by atoms with Crippen LogP contribution in [-0.2, 0) is 10.0 Å². The second-order valence-corrected chi connectivity index (χ2v) is 8.65. The van der Waals surface area contributed by atoms with E-state index in [0.29, 0.717) is 11.4 Å². The van der Waals surface area contributed by atoms with Gasteiger partial charge in [0.25, 0.3) is 16.0 Å². The maximum absolute atomic E-state index is 12.6. The molecule has 0 saturated carbocycles. The van der Waals surface area contributed by atoms with Crippen LogP contribution in [0, 0.1) is 13.8 Å². The summed E-state index contributed by atoms with van der Waals surface area (Å²) in [5.41, 5.74) is 3.13. The summed E-state index contributed by atoms with van der Waals surface area (Å²) in [6.45, 7) is 3.67. The van der Waals surface area contributed by atoms with Crippen LogP contribution < -0.4 is 4.72 Å². The van der Waals surface area contributed by atoms with Gasteiger partial charge in [0.2, 0.25) is 0 Å². The minimum absolute atomic E-state index is 0.0701. The predicted octanol–water partition coefficient (Wildman–Crippen LogP) is 4.61. The number of sulfonamides is 1. The molecule has 30 heavy (non-hydrogen) atoms. The highest BCUT2D eigenvalue weighted by molar-refractivity contribution is 7.92.